The average Bonchev–Trinajstić information content (AvgIpc) is 2.54. The molecule has 0 radical (unpaired) electrons. The molecular weight excluding hydrogens is 320 g/mol. The van der Waals surface area contributed by atoms with E-state index >= 15 is 0 Å². The predicted octanol–water partition coefficient (Wildman–Crippen LogP) is 1.53. The minimum Gasteiger partial charge on any atom is -0.323 e. The molecule has 1 aromatic carbocycles. The van der Waals surface area contributed by atoms with Gasteiger partial charge in [0.1, 0.15) is 13.1 Å². The van der Waals surface area contributed by atoms with Crippen molar-refractivity contribution in [2.45, 2.75) is 32.7 Å². The summed E-state index contributed by atoms with van der Waals surface area (Å²) in [6.45, 7) is 5.65. The lowest BCUT2D eigenvalue weighted by Crippen LogP contribution is -2.45. The first-order valence-corrected chi connectivity index (χ1v) is 8.03. The molecule has 0 unspecified atom stereocenters. The van der Waals surface area contributed by atoms with Crippen LogP contribution in [0.25, 0.3) is 0 Å². The number of carbonyl (C=O) groups is 2. The van der Waals surface area contributed by atoms with Gasteiger partial charge < -0.3 is 5.32 Å². The molecule has 7 heteroatoms. The second-order valence-electron chi connectivity index (χ2n) is 7.01. The van der Waals surface area contributed by atoms with Crippen LogP contribution in [0.4, 0.5) is 11.4 Å². The largest absolute Gasteiger partial charge is 0.323 e. The van der Waals surface area contributed by atoms with Gasteiger partial charge in [-0.3, -0.25) is 19.3 Å². The Labute approximate surface area is 145 Å². The van der Waals surface area contributed by atoms with Crippen LogP contribution >= 0.6 is 0 Å². The van der Waals surface area contributed by atoms with Gasteiger partial charge in [-0.2, -0.15) is 5.10 Å². The molecule has 0 atom stereocenters. The van der Waals surface area contributed by atoms with Gasteiger partial charge in [0.2, 0.25) is 11.8 Å². The topological polar surface area (TPSA) is 84.3 Å². The molecule has 2 aromatic rings. The number of nitrogens with zero attached hydrogens (tertiary/aromatic N) is 3. The fraction of sp³-hybridized carbons (Fsp3) is 0.333. The summed E-state index contributed by atoms with van der Waals surface area (Å²) in [5.74, 6) is -0.626. The van der Waals surface area contributed by atoms with E-state index in [1.165, 1.54) is 11.0 Å². The number of fused-ring (bicyclic) bond motifs is 1. The zero-order valence-corrected chi connectivity index (χ0v) is 14.4. The van der Waals surface area contributed by atoms with Crippen molar-refractivity contribution in [3.05, 3.63) is 52.4 Å². The molecule has 0 bridgehead atoms. The van der Waals surface area contributed by atoms with Crippen molar-refractivity contribution in [3.8, 4) is 0 Å². The molecule has 0 aliphatic carbocycles. The third-order valence-electron chi connectivity index (χ3n) is 3.99. The second kappa shape index (κ2) is 6.16. The van der Waals surface area contributed by atoms with Crippen molar-refractivity contribution >= 4 is 23.2 Å². The Morgan fingerprint density at radius 1 is 1.16 bits per heavy atom. The molecule has 1 aromatic heterocycles. The van der Waals surface area contributed by atoms with Crippen LogP contribution in [0.1, 0.15) is 26.5 Å². The predicted molar refractivity (Wildman–Crippen MR) is 94.6 cm³/mol. The highest BCUT2D eigenvalue weighted by Gasteiger charge is 2.27. The summed E-state index contributed by atoms with van der Waals surface area (Å²) in [6.07, 6.45) is 0. The van der Waals surface area contributed by atoms with Crippen molar-refractivity contribution < 1.29 is 9.59 Å². The number of aromatic nitrogens is 2. The SMILES string of the molecule is CC(C)(C)c1ccc(=O)n(CC(=O)N2CC(=O)Nc3ccccc32)n1. The highest BCUT2D eigenvalue weighted by Crippen LogP contribution is 2.29. The van der Waals surface area contributed by atoms with Crippen LogP contribution in [0.15, 0.2) is 41.2 Å². The number of amides is 2. The molecule has 130 valence electrons. The lowest BCUT2D eigenvalue weighted by Gasteiger charge is -2.29. The summed E-state index contributed by atoms with van der Waals surface area (Å²) in [6, 6.07) is 10.2. The van der Waals surface area contributed by atoms with Crippen molar-refractivity contribution in [2.75, 3.05) is 16.8 Å². The third-order valence-corrected chi connectivity index (χ3v) is 3.99. The monoisotopic (exact) mass is 340 g/mol. The number of benzene rings is 1. The average molecular weight is 340 g/mol. The molecule has 0 saturated carbocycles. The number of para-hydroxylation sites is 2. The molecule has 0 spiro atoms. The maximum atomic E-state index is 12.7. The summed E-state index contributed by atoms with van der Waals surface area (Å²) in [5, 5.41) is 7.04. The minimum atomic E-state index is -0.358. The van der Waals surface area contributed by atoms with E-state index in [2.05, 4.69) is 10.4 Å². The Kier molecular flexibility index (Phi) is 4.16. The smallest absolute Gasteiger partial charge is 0.267 e. The highest BCUT2D eigenvalue weighted by atomic mass is 16.2. The van der Waals surface area contributed by atoms with Gasteiger partial charge in [0, 0.05) is 11.5 Å². The summed E-state index contributed by atoms with van der Waals surface area (Å²) in [5.41, 5.74) is 1.33. The first-order valence-electron chi connectivity index (χ1n) is 8.03. The molecule has 2 heterocycles. The minimum absolute atomic E-state index is 0.0798. The Morgan fingerprint density at radius 2 is 1.88 bits per heavy atom. The van der Waals surface area contributed by atoms with E-state index in [1.807, 2.05) is 20.8 Å². The van der Waals surface area contributed by atoms with Crippen LogP contribution in [0, 0.1) is 0 Å². The van der Waals surface area contributed by atoms with Gasteiger partial charge in [-0.25, -0.2) is 4.68 Å². The van der Waals surface area contributed by atoms with Crippen molar-refractivity contribution in [3.63, 3.8) is 0 Å². The molecule has 2 amide bonds. The standard InChI is InChI=1S/C18H20N4O3/c1-18(2,3)14-8-9-16(24)22(20-14)11-17(25)21-10-15(23)19-12-6-4-5-7-13(12)21/h4-9H,10-11H2,1-3H3,(H,19,23). The lowest BCUT2D eigenvalue weighted by molar-refractivity contribution is -0.122. The normalized spacial score (nSPS) is 14.0. The van der Waals surface area contributed by atoms with Crippen LogP contribution < -0.4 is 15.8 Å². The number of nitrogens with one attached hydrogen (secondary N) is 1. The molecule has 3 rings (SSSR count). The Hall–Kier alpha value is -2.96. The van der Waals surface area contributed by atoms with Gasteiger partial charge in [0.05, 0.1) is 17.1 Å². The number of carbonyl (C=O) groups excluding carboxylic acids is 2. The first kappa shape index (κ1) is 16.9. The maximum absolute atomic E-state index is 12.7. The number of hydrogen-bond donors (Lipinski definition) is 1. The molecule has 7 nitrogen and oxygen atoms in total. The second-order valence-corrected chi connectivity index (χ2v) is 7.01. The fourth-order valence-electron chi connectivity index (χ4n) is 2.63. The van der Waals surface area contributed by atoms with Gasteiger partial charge in [-0.1, -0.05) is 32.9 Å². The van der Waals surface area contributed by atoms with Crippen LogP contribution in [0.5, 0.6) is 0 Å². The van der Waals surface area contributed by atoms with E-state index in [-0.39, 0.29) is 35.9 Å². The Morgan fingerprint density at radius 3 is 2.60 bits per heavy atom. The van der Waals surface area contributed by atoms with Gasteiger partial charge in [0.25, 0.3) is 5.56 Å². The highest BCUT2D eigenvalue weighted by molar-refractivity contribution is 6.09. The number of anilines is 2. The van der Waals surface area contributed by atoms with Crippen molar-refractivity contribution in [1.82, 2.24) is 9.78 Å². The Bertz CT molecular complexity index is 896. The van der Waals surface area contributed by atoms with E-state index < -0.39 is 0 Å². The summed E-state index contributed by atoms with van der Waals surface area (Å²) in [7, 11) is 0. The summed E-state index contributed by atoms with van der Waals surface area (Å²) < 4.78 is 1.15. The quantitative estimate of drug-likeness (QED) is 0.898. The van der Waals surface area contributed by atoms with Crippen molar-refractivity contribution in [1.29, 1.82) is 0 Å². The van der Waals surface area contributed by atoms with E-state index in [9.17, 15) is 14.4 Å². The van der Waals surface area contributed by atoms with Crippen LogP contribution in [-0.4, -0.2) is 28.1 Å². The third kappa shape index (κ3) is 3.45. The fourth-order valence-corrected chi connectivity index (χ4v) is 2.63. The lowest BCUT2D eigenvalue weighted by atomic mass is 9.92. The van der Waals surface area contributed by atoms with Crippen molar-refractivity contribution in [2.24, 2.45) is 0 Å². The van der Waals surface area contributed by atoms with Gasteiger partial charge >= 0.3 is 0 Å². The molecule has 1 aliphatic heterocycles. The van der Waals surface area contributed by atoms with E-state index in [0.29, 0.717) is 11.4 Å². The van der Waals surface area contributed by atoms with E-state index in [0.717, 1.165) is 10.4 Å². The summed E-state index contributed by atoms with van der Waals surface area (Å²) >= 11 is 0. The molecule has 1 aliphatic rings. The Balaban J connectivity index is 1.91. The molecule has 0 saturated heterocycles. The first-order chi connectivity index (χ1) is 11.8. The van der Waals surface area contributed by atoms with Crippen LogP contribution in [-0.2, 0) is 21.5 Å². The van der Waals surface area contributed by atoms with Crippen LogP contribution in [0.2, 0.25) is 0 Å². The molecule has 1 N–H and O–H groups in total. The zero-order valence-electron chi connectivity index (χ0n) is 14.4. The number of hydrogen-bond acceptors (Lipinski definition) is 4. The molecular formula is C18H20N4O3. The van der Waals surface area contributed by atoms with Crippen LogP contribution in [0.3, 0.4) is 0 Å². The maximum Gasteiger partial charge on any atom is 0.267 e. The van der Waals surface area contributed by atoms with Gasteiger partial charge in [-0.05, 0) is 18.2 Å². The van der Waals surface area contributed by atoms with E-state index in [4.69, 9.17) is 0 Å². The van der Waals surface area contributed by atoms with Gasteiger partial charge in [-0.15, -0.1) is 0 Å². The number of rotatable bonds is 2. The summed E-state index contributed by atoms with van der Waals surface area (Å²) in [4.78, 5) is 38.0. The molecule has 25 heavy (non-hydrogen) atoms. The molecule has 0 fully saturated rings. The zero-order chi connectivity index (χ0) is 18.2. The van der Waals surface area contributed by atoms with E-state index in [1.54, 1.807) is 30.3 Å². The van der Waals surface area contributed by atoms with Gasteiger partial charge in [0.15, 0.2) is 0 Å².